The summed E-state index contributed by atoms with van der Waals surface area (Å²) < 4.78 is 7.84. The molecule has 0 aliphatic heterocycles. The highest BCUT2D eigenvalue weighted by molar-refractivity contribution is 7.30. The molecule has 0 saturated heterocycles. The molecule has 4 heterocycles. The predicted molar refractivity (Wildman–Crippen MR) is 218 cm³/mol. The zero-order valence-corrected chi connectivity index (χ0v) is 28.9. The maximum absolute atomic E-state index is 5.10. The van der Waals surface area contributed by atoms with Crippen LogP contribution in [0, 0.1) is 0 Å². The number of rotatable bonds is 4. The van der Waals surface area contributed by atoms with E-state index in [0.717, 1.165) is 39.6 Å². The van der Waals surface area contributed by atoms with E-state index < -0.39 is 0 Å². The van der Waals surface area contributed by atoms with Crippen LogP contribution in [0.2, 0.25) is 0 Å². The maximum atomic E-state index is 5.10. The van der Waals surface area contributed by atoms with Gasteiger partial charge in [-0.25, -0.2) is 9.97 Å². The van der Waals surface area contributed by atoms with Crippen LogP contribution in [0.1, 0.15) is 0 Å². The summed E-state index contributed by atoms with van der Waals surface area (Å²) in [7, 11) is 0. The van der Waals surface area contributed by atoms with Crippen molar-refractivity contribution in [3.63, 3.8) is 0 Å². The van der Waals surface area contributed by atoms with Crippen molar-refractivity contribution in [2.45, 2.75) is 0 Å². The highest BCUT2D eigenvalue weighted by Gasteiger charge is 2.24. The van der Waals surface area contributed by atoms with Crippen LogP contribution in [0.15, 0.2) is 164 Å². The summed E-state index contributed by atoms with van der Waals surface area (Å²) in [6.07, 6.45) is 0. The molecular formula is C46H27N3S2. The Kier molecular flexibility index (Phi) is 6.29. The maximum Gasteiger partial charge on any atom is 0.160 e. The van der Waals surface area contributed by atoms with E-state index in [-0.39, 0.29) is 0 Å². The Balaban J connectivity index is 1.18. The highest BCUT2D eigenvalue weighted by Crippen LogP contribution is 2.52. The molecule has 0 atom stereocenters. The predicted octanol–water partition coefficient (Wildman–Crippen LogP) is 13.3. The molecule has 4 aromatic heterocycles. The van der Waals surface area contributed by atoms with Crippen molar-refractivity contribution in [1.29, 1.82) is 0 Å². The number of hydrogen-bond acceptors (Lipinski definition) is 4. The molecule has 5 heteroatoms. The molecule has 0 aliphatic rings. The van der Waals surface area contributed by atoms with E-state index in [9.17, 15) is 0 Å². The number of hydrogen-bond donors (Lipinski definition) is 0. The quantitative estimate of drug-likeness (QED) is 0.185. The second-order valence-corrected chi connectivity index (χ2v) is 15.0. The SMILES string of the molecule is c1ccc(-c2cc(-c3ccc(-n4c5ccccc5c5c6c7ccccc7sc6c6c7ccccc7sc6c54)cc3)nc(-c3ccccc3)n2)cc1. The van der Waals surface area contributed by atoms with Gasteiger partial charge >= 0.3 is 0 Å². The summed E-state index contributed by atoms with van der Waals surface area (Å²) in [5.74, 6) is 0.720. The Morgan fingerprint density at radius 1 is 0.412 bits per heavy atom. The lowest BCUT2D eigenvalue weighted by Crippen LogP contribution is -1.97. The lowest BCUT2D eigenvalue weighted by Gasteiger charge is -2.12. The van der Waals surface area contributed by atoms with Crippen LogP contribution in [0.5, 0.6) is 0 Å². The molecule has 0 spiro atoms. The van der Waals surface area contributed by atoms with Crippen LogP contribution in [0.4, 0.5) is 0 Å². The molecule has 3 nitrogen and oxygen atoms in total. The Labute approximate surface area is 301 Å². The van der Waals surface area contributed by atoms with Crippen LogP contribution < -0.4 is 0 Å². The second kappa shape index (κ2) is 11.2. The first-order chi connectivity index (χ1) is 25.3. The third-order valence-electron chi connectivity index (χ3n) is 10.0. The standard InChI is InChI=1S/C46H27N3S2/c1-3-13-28(14-4-1)35-27-36(48-46(47-35)30-15-5-2-6-16-30)29-23-25-31(26-24-29)49-37-20-10-7-17-32(37)40-41-33-18-8-11-21-38(33)50-44(41)42-34-19-9-12-22-39(34)51-45(42)43(40)49/h1-27H. The number of nitrogens with zero attached hydrogens (tertiary/aromatic N) is 3. The van der Waals surface area contributed by atoms with Gasteiger partial charge in [0, 0.05) is 68.8 Å². The van der Waals surface area contributed by atoms with E-state index in [1.807, 2.05) is 46.9 Å². The van der Waals surface area contributed by atoms with Gasteiger partial charge in [-0.05, 0) is 36.4 Å². The first-order valence-electron chi connectivity index (χ1n) is 17.1. The lowest BCUT2D eigenvalue weighted by atomic mass is 10.0. The largest absolute Gasteiger partial charge is 0.308 e. The van der Waals surface area contributed by atoms with E-state index in [2.05, 4.69) is 144 Å². The fraction of sp³-hybridized carbons (Fsp3) is 0. The molecule has 0 fully saturated rings. The van der Waals surface area contributed by atoms with Crippen molar-refractivity contribution in [3.05, 3.63) is 164 Å². The molecule has 238 valence electrons. The Morgan fingerprint density at radius 2 is 0.941 bits per heavy atom. The smallest absolute Gasteiger partial charge is 0.160 e. The van der Waals surface area contributed by atoms with Crippen LogP contribution in [-0.2, 0) is 0 Å². The first kappa shape index (κ1) is 28.7. The fourth-order valence-corrected chi connectivity index (χ4v) is 10.3. The van der Waals surface area contributed by atoms with Gasteiger partial charge in [0.2, 0.25) is 0 Å². The van der Waals surface area contributed by atoms with Crippen molar-refractivity contribution in [2.75, 3.05) is 0 Å². The topological polar surface area (TPSA) is 30.7 Å². The third-order valence-corrected chi connectivity index (χ3v) is 12.4. The van der Waals surface area contributed by atoms with Gasteiger partial charge in [0.25, 0.3) is 0 Å². The van der Waals surface area contributed by atoms with E-state index in [4.69, 9.17) is 9.97 Å². The molecule has 0 N–H and O–H groups in total. The summed E-state index contributed by atoms with van der Waals surface area (Å²) in [5, 5.41) is 7.98. The molecule has 0 bridgehead atoms. The Bertz CT molecular complexity index is 3060. The number of thiophene rings is 2. The van der Waals surface area contributed by atoms with E-state index in [1.54, 1.807) is 0 Å². The number of benzene rings is 7. The van der Waals surface area contributed by atoms with Crippen molar-refractivity contribution in [3.8, 4) is 39.6 Å². The van der Waals surface area contributed by atoms with Gasteiger partial charge in [-0.15, -0.1) is 22.7 Å². The molecule has 0 unspecified atom stereocenters. The van der Waals surface area contributed by atoms with Crippen LogP contribution in [-0.4, -0.2) is 14.5 Å². The average molecular weight is 686 g/mol. The van der Waals surface area contributed by atoms with Gasteiger partial charge in [-0.3, -0.25) is 0 Å². The molecule has 11 aromatic rings. The van der Waals surface area contributed by atoms with Gasteiger partial charge < -0.3 is 4.57 Å². The molecule has 51 heavy (non-hydrogen) atoms. The minimum Gasteiger partial charge on any atom is -0.308 e. The molecule has 0 amide bonds. The van der Waals surface area contributed by atoms with Crippen molar-refractivity contribution in [1.82, 2.24) is 14.5 Å². The Hall–Kier alpha value is -6.14. The fourth-order valence-electron chi connectivity index (χ4n) is 7.73. The van der Waals surface area contributed by atoms with Gasteiger partial charge in [-0.2, -0.15) is 0 Å². The van der Waals surface area contributed by atoms with Crippen molar-refractivity contribution in [2.24, 2.45) is 0 Å². The van der Waals surface area contributed by atoms with Crippen LogP contribution in [0.25, 0.3) is 102 Å². The summed E-state index contributed by atoms with van der Waals surface area (Å²) in [6, 6.07) is 58.3. The third kappa shape index (κ3) is 4.35. The number of fused-ring (bicyclic) bond motifs is 12. The first-order valence-corrected chi connectivity index (χ1v) is 18.7. The van der Waals surface area contributed by atoms with E-state index >= 15 is 0 Å². The molecule has 0 saturated carbocycles. The zero-order chi connectivity index (χ0) is 33.5. The average Bonchev–Trinajstić information content (AvgIpc) is 3.88. The van der Waals surface area contributed by atoms with E-state index in [1.165, 1.54) is 62.2 Å². The monoisotopic (exact) mass is 685 g/mol. The lowest BCUT2D eigenvalue weighted by molar-refractivity contribution is 1.17. The molecule has 11 rings (SSSR count). The summed E-state index contributed by atoms with van der Waals surface area (Å²) in [4.78, 5) is 10.1. The van der Waals surface area contributed by atoms with Crippen LogP contribution in [0.3, 0.4) is 0 Å². The van der Waals surface area contributed by atoms with Gasteiger partial charge in [-0.1, -0.05) is 127 Å². The minimum atomic E-state index is 0.720. The van der Waals surface area contributed by atoms with Crippen molar-refractivity contribution >= 4 is 84.8 Å². The number of para-hydroxylation sites is 1. The van der Waals surface area contributed by atoms with Crippen LogP contribution >= 0.6 is 22.7 Å². The molecule has 0 aliphatic carbocycles. The normalized spacial score (nSPS) is 11.9. The summed E-state index contributed by atoms with van der Waals surface area (Å²) in [6.45, 7) is 0. The van der Waals surface area contributed by atoms with Gasteiger partial charge in [0.15, 0.2) is 5.82 Å². The van der Waals surface area contributed by atoms with E-state index in [0.29, 0.717) is 0 Å². The van der Waals surface area contributed by atoms with Crippen molar-refractivity contribution < 1.29 is 0 Å². The molecule has 0 radical (unpaired) electrons. The second-order valence-electron chi connectivity index (χ2n) is 12.9. The summed E-state index contributed by atoms with van der Waals surface area (Å²) in [5.41, 5.74) is 8.54. The van der Waals surface area contributed by atoms with Gasteiger partial charge in [0.1, 0.15) is 0 Å². The van der Waals surface area contributed by atoms with Gasteiger partial charge in [0.05, 0.1) is 27.1 Å². The Morgan fingerprint density at radius 3 is 1.63 bits per heavy atom. The number of aromatic nitrogens is 3. The minimum absolute atomic E-state index is 0.720. The summed E-state index contributed by atoms with van der Waals surface area (Å²) >= 11 is 3.83. The molecule has 7 aromatic carbocycles. The zero-order valence-electron chi connectivity index (χ0n) is 27.2. The molecular weight excluding hydrogens is 659 g/mol. The highest BCUT2D eigenvalue weighted by atomic mass is 32.1.